The molecule has 0 saturated carbocycles. The number of nitrogens with one attached hydrogen (secondary N) is 1. The van der Waals surface area contributed by atoms with Crippen molar-refractivity contribution in [2.24, 2.45) is 5.92 Å². The minimum Gasteiger partial charge on any atom is -0.483 e. The second-order valence-electron chi connectivity index (χ2n) is 6.61. The van der Waals surface area contributed by atoms with E-state index in [-0.39, 0.29) is 11.5 Å². The summed E-state index contributed by atoms with van der Waals surface area (Å²) >= 11 is 0. The largest absolute Gasteiger partial charge is 0.483 e. The molecule has 1 aromatic carbocycles. The lowest BCUT2D eigenvalue weighted by atomic mass is 10.00. The van der Waals surface area contributed by atoms with E-state index in [0.717, 1.165) is 17.7 Å². The van der Waals surface area contributed by atoms with E-state index < -0.39 is 0 Å². The summed E-state index contributed by atoms with van der Waals surface area (Å²) < 4.78 is 5.90. The summed E-state index contributed by atoms with van der Waals surface area (Å²) in [5.41, 5.74) is 2.09. The van der Waals surface area contributed by atoms with Crippen LogP contribution in [0.25, 0.3) is 6.08 Å². The van der Waals surface area contributed by atoms with Crippen molar-refractivity contribution in [1.29, 1.82) is 0 Å². The van der Waals surface area contributed by atoms with Crippen LogP contribution in [-0.2, 0) is 11.2 Å². The van der Waals surface area contributed by atoms with E-state index in [4.69, 9.17) is 4.74 Å². The Morgan fingerprint density at radius 2 is 2.10 bits per heavy atom. The van der Waals surface area contributed by atoms with Crippen molar-refractivity contribution in [1.82, 2.24) is 5.32 Å². The molecule has 0 radical (unpaired) electrons. The fraction of sp³-hybridized carbons (Fsp3) is 0.500. The minimum atomic E-state index is -0.237. The first-order valence-corrected chi connectivity index (χ1v) is 7.63. The first-order valence-electron chi connectivity index (χ1n) is 7.63. The van der Waals surface area contributed by atoms with Crippen LogP contribution < -0.4 is 10.1 Å². The molecule has 1 aliphatic rings. The molecule has 3 heteroatoms. The molecule has 0 saturated heterocycles. The molecule has 0 spiro atoms. The van der Waals surface area contributed by atoms with E-state index in [1.165, 1.54) is 5.56 Å². The SMILES string of the molecule is CC(C)CC(=O)NCCc1ccc2c(c1)C=CC(C)(C)O2. The van der Waals surface area contributed by atoms with Crippen molar-refractivity contribution in [3.8, 4) is 5.75 Å². The zero-order chi connectivity index (χ0) is 15.5. The lowest BCUT2D eigenvalue weighted by Crippen LogP contribution is -2.28. The molecular formula is C18H25NO2. The number of benzene rings is 1. The highest BCUT2D eigenvalue weighted by atomic mass is 16.5. The second kappa shape index (κ2) is 6.33. The third kappa shape index (κ3) is 4.62. The van der Waals surface area contributed by atoms with Gasteiger partial charge in [-0.15, -0.1) is 0 Å². The highest BCUT2D eigenvalue weighted by Crippen LogP contribution is 2.31. The Labute approximate surface area is 127 Å². The number of carbonyl (C=O) groups is 1. The van der Waals surface area contributed by atoms with Crippen LogP contribution in [0, 0.1) is 5.92 Å². The predicted octanol–water partition coefficient (Wildman–Crippen LogP) is 3.58. The van der Waals surface area contributed by atoms with Gasteiger partial charge in [0, 0.05) is 18.5 Å². The maximum atomic E-state index is 11.6. The third-order valence-corrected chi connectivity index (χ3v) is 3.44. The molecule has 114 valence electrons. The van der Waals surface area contributed by atoms with Gasteiger partial charge in [0.05, 0.1) is 0 Å². The van der Waals surface area contributed by atoms with Crippen molar-refractivity contribution in [2.45, 2.75) is 46.1 Å². The molecule has 1 N–H and O–H groups in total. The fourth-order valence-corrected chi connectivity index (χ4v) is 2.37. The molecule has 2 rings (SSSR count). The average Bonchev–Trinajstić information content (AvgIpc) is 2.37. The molecule has 21 heavy (non-hydrogen) atoms. The summed E-state index contributed by atoms with van der Waals surface area (Å²) in [5, 5.41) is 2.97. The van der Waals surface area contributed by atoms with Crippen molar-refractivity contribution in [3.05, 3.63) is 35.4 Å². The van der Waals surface area contributed by atoms with Gasteiger partial charge in [0.15, 0.2) is 0 Å². The van der Waals surface area contributed by atoms with Crippen LogP contribution in [-0.4, -0.2) is 18.1 Å². The quantitative estimate of drug-likeness (QED) is 0.899. The summed E-state index contributed by atoms with van der Waals surface area (Å²) in [5.74, 6) is 1.46. The van der Waals surface area contributed by atoms with Crippen molar-refractivity contribution >= 4 is 12.0 Å². The van der Waals surface area contributed by atoms with Gasteiger partial charge in [-0.1, -0.05) is 26.0 Å². The molecular weight excluding hydrogens is 262 g/mol. The van der Waals surface area contributed by atoms with E-state index in [1.54, 1.807) is 0 Å². The molecule has 1 aromatic rings. The molecule has 1 aliphatic heterocycles. The number of hydrogen-bond acceptors (Lipinski definition) is 2. The van der Waals surface area contributed by atoms with E-state index in [0.29, 0.717) is 18.9 Å². The zero-order valence-corrected chi connectivity index (χ0v) is 13.4. The number of hydrogen-bond donors (Lipinski definition) is 1. The molecule has 1 amide bonds. The van der Waals surface area contributed by atoms with E-state index in [9.17, 15) is 4.79 Å². The van der Waals surface area contributed by atoms with Crippen LogP contribution in [0.1, 0.15) is 45.2 Å². The first kappa shape index (κ1) is 15.6. The monoisotopic (exact) mass is 287 g/mol. The number of carbonyl (C=O) groups excluding carboxylic acids is 1. The third-order valence-electron chi connectivity index (χ3n) is 3.44. The minimum absolute atomic E-state index is 0.132. The van der Waals surface area contributed by atoms with E-state index >= 15 is 0 Å². The van der Waals surface area contributed by atoms with Crippen LogP contribution >= 0.6 is 0 Å². The topological polar surface area (TPSA) is 38.3 Å². The summed E-state index contributed by atoms with van der Waals surface area (Å²) in [4.78, 5) is 11.6. The molecule has 0 unspecified atom stereocenters. The van der Waals surface area contributed by atoms with Crippen LogP contribution in [0.2, 0.25) is 0 Å². The van der Waals surface area contributed by atoms with Crippen LogP contribution in [0.5, 0.6) is 5.75 Å². The summed E-state index contributed by atoms with van der Waals surface area (Å²) in [6.07, 6.45) is 5.62. The lowest BCUT2D eigenvalue weighted by Gasteiger charge is -2.28. The number of rotatable bonds is 5. The summed E-state index contributed by atoms with van der Waals surface area (Å²) in [6, 6.07) is 6.23. The van der Waals surface area contributed by atoms with Gasteiger partial charge >= 0.3 is 0 Å². The molecule has 0 aliphatic carbocycles. The van der Waals surface area contributed by atoms with Gasteiger partial charge in [-0.2, -0.15) is 0 Å². The molecule has 0 atom stereocenters. The molecule has 0 fully saturated rings. The Balaban J connectivity index is 1.90. The maximum Gasteiger partial charge on any atom is 0.220 e. The molecule has 0 bridgehead atoms. The summed E-state index contributed by atoms with van der Waals surface area (Å²) in [6.45, 7) is 8.88. The van der Waals surface area contributed by atoms with Crippen molar-refractivity contribution in [3.63, 3.8) is 0 Å². The van der Waals surface area contributed by atoms with Gasteiger partial charge in [-0.3, -0.25) is 4.79 Å². The Hall–Kier alpha value is -1.77. The number of ether oxygens (including phenoxy) is 1. The standard InChI is InChI=1S/C18H25NO2/c1-13(2)11-17(20)19-10-8-14-5-6-16-15(12-14)7-9-18(3,4)21-16/h5-7,9,12-13H,8,10-11H2,1-4H3,(H,19,20). The zero-order valence-electron chi connectivity index (χ0n) is 13.4. The van der Waals surface area contributed by atoms with Gasteiger partial charge in [0.1, 0.15) is 11.4 Å². The lowest BCUT2D eigenvalue weighted by molar-refractivity contribution is -0.121. The number of fused-ring (bicyclic) bond motifs is 1. The van der Waals surface area contributed by atoms with Gasteiger partial charge in [-0.05, 0) is 50.0 Å². The average molecular weight is 287 g/mol. The highest BCUT2D eigenvalue weighted by molar-refractivity contribution is 5.76. The summed E-state index contributed by atoms with van der Waals surface area (Å²) in [7, 11) is 0. The van der Waals surface area contributed by atoms with Crippen LogP contribution in [0.4, 0.5) is 0 Å². The maximum absolute atomic E-state index is 11.6. The number of amides is 1. The Morgan fingerprint density at radius 3 is 2.81 bits per heavy atom. The smallest absolute Gasteiger partial charge is 0.220 e. The normalized spacial score (nSPS) is 15.5. The van der Waals surface area contributed by atoms with Crippen LogP contribution in [0.15, 0.2) is 24.3 Å². The predicted molar refractivity (Wildman–Crippen MR) is 86.4 cm³/mol. The fourth-order valence-electron chi connectivity index (χ4n) is 2.37. The van der Waals surface area contributed by atoms with E-state index in [2.05, 4.69) is 43.4 Å². The van der Waals surface area contributed by atoms with Gasteiger partial charge in [-0.25, -0.2) is 0 Å². The van der Waals surface area contributed by atoms with Gasteiger partial charge in [0.25, 0.3) is 0 Å². The Kier molecular flexibility index (Phi) is 4.71. The van der Waals surface area contributed by atoms with Gasteiger partial charge < -0.3 is 10.1 Å². The molecule has 0 aromatic heterocycles. The Bertz CT molecular complexity index is 544. The Morgan fingerprint density at radius 1 is 1.33 bits per heavy atom. The van der Waals surface area contributed by atoms with E-state index in [1.807, 2.05) is 19.9 Å². The molecule has 3 nitrogen and oxygen atoms in total. The first-order chi connectivity index (χ1) is 9.85. The molecule has 1 heterocycles. The highest BCUT2D eigenvalue weighted by Gasteiger charge is 2.21. The van der Waals surface area contributed by atoms with Crippen molar-refractivity contribution in [2.75, 3.05) is 6.54 Å². The van der Waals surface area contributed by atoms with Crippen LogP contribution in [0.3, 0.4) is 0 Å². The van der Waals surface area contributed by atoms with Crippen molar-refractivity contribution < 1.29 is 9.53 Å². The van der Waals surface area contributed by atoms with Gasteiger partial charge in [0.2, 0.25) is 5.91 Å². The second-order valence-corrected chi connectivity index (χ2v) is 6.61.